The molecule has 0 radical (unpaired) electrons. The minimum Gasteiger partial charge on any atom is -0.741 e. The first-order valence-corrected chi connectivity index (χ1v) is 7.38. The average molecular weight is 394 g/mol. The van der Waals surface area contributed by atoms with E-state index in [4.69, 9.17) is 30.0 Å². The normalized spacial score (nSPS) is 13.3. The van der Waals surface area contributed by atoms with Gasteiger partial charge in [-0.1, -0.05) is 30.3 Å². The van der Waals surface area contributed by atoms with Crippen LogP contribution in [0.15, 0.2) is 50.7 Å². The zero-order valence-electron chi connectivity index (χ0n) is 12.9. The van der Waals surface area contributed by atoms with E-state index >= 15 is 0 Å². The summed E-state index contributed by atoms with van der Waals surface area (Å²) in [7, 11) is 1.68. The molecule has 1 aromatic rings. The molecule has 0 aliphatic rings. The van der Waals surface area contributed by atoms with Crippen LogP contribution in [0.2, 0.25) is 0 Å². The molecule has 0 heterocycles. The molecule has 23 heavy (non-hydrogen) atoms. The average Bonchev–Trinajstić information content (AvgIpc) is 2.54. The number of amidine groups is 1. The fourth-order valence-corrected chi connectivity index (χ4v) is 1.60. The molecule has 0 saturated carbocycles. The quantitative estimate of drug-likeness (QED) is 0.272. The molecule has 0 fully saturated rings. The van der Waals surface area contributed by atoms with Crippen molar-refractivity contribution >= 4 is 47.1 Å². The Kier molecular flexibility index (Phi) is 11.1. The maximum Gasteiger partial charge on any atom is 2.00 e. The number of hydrogen-bond donors (Lipinski definition) is 1. The third kappa shape index (κ3) is 8.01. The monoisotopic (exact) mass is 393 g/mol. The van der Waals surface area contributed by atoms with Crippen LogP contribution in [-0.4, -0.2) is 35.5 Å². The second-order valence-corrected chi connectivity index (χ2v) is 4.69. The van der Waals surface area contributed by atoms with Crippen LogP contribution in [0.4, 0.5) is 0 Å². The van der Waals surface area contributed by atoms with Crippen molar-refractivity contribution in [3.8, 4) is 0 Å². The second kappa shape index (κ2) is 11.9. The van der Waals surface area contributed by atoms with E-state index in [1.807, 2.05) is 37.3 Å². The summed E-state index contributed by atoms with van der Waals surface area (Å²) in [6, 6.07) is 9.50. The van der Waals surface area contributed by atoms with Gasteiger partial charge in [0.2, 0.25) is 0 Å². The Morgan fingerprint density at radius 3 is 2.30 bits per heavy atom. The van der Waals surface area contributed by atoms with Crippen molar-refractivity contribution in [2.75, 3.05) is 13.7 Å². The van der Waals surface area contributed by atoms with Crippen LogP contribution >= 0.6 is 0 Å². The number of ether oxygens (including phenoxy) is 1. The van der Waals surface area contributed by atoms with E-state index in [1.165, 1.54) is 0 Å². The molecule has 0 spiro atoms. The number of nitrogens with zero attached hydrogens (tertiary/aromatic N) is 4. The van der Waals surface area contributed by atoms with Gasteiger partial charge < -0.3 is 35.3 Å². The van der Waals surface area contributed by atoms with Crippen molar-refractivity contribution in [3.05, 3.63) is 35.9 Å². The second-order valence-electron chi connectivity index (χ2n) is 3.95. The van der Waals surface area contributed by atoms with Gasteiger partial charge in [0.1, 0.15) is 5.71 Å². The molecule has 6 nitrogen and oxygen atoms in total. The van der Waals surface area contributed by atoms with E-state index < -0.39 is 0 Å². The molecule has 0 unspecified atom stereocenters. The van der Waals surface area contributed by atoms with Gasteiger partial charge in [-0.15, -0.1) is 10.2 Å². The predicted molar refractivity (Wildman–Crippen MR) is 96.4 cm³/mol. The Balaban J connectivity index is 0.00000484. The molecule has 0 atom stereocenters. The number of benzene rings is 1. The smallest absolute Gasteiger partial charge is 0.741 e. The molecular weight excluding hydrogens is 377 g/mol. The van der Waals surface area contributed by atoms with Gasteiger partial charge in [0.05, 0.1) is 17.5 Å². The molecule has 1 N–H and O–H groups in total. The molecule has 0 aromatic heterocycles. The fourth-order valence-electron chi connectivity index (χ4n) is 1.40. The van der Waals surface area contributed by atoms with Gasteiger partial charge >= 0.3 is 16.5 Å². The van der Waals surface area contributed by atoms with E-state index in [0.29, 0.717) is 18.0 Å². The minimum atomic E-state index is 0. The molecule has 126 valence electrons. The molecule has 9 heteroatoms. The first-order chi connectivity index (χ1) is 10.6. The first kappa shape index (κ1) is 21.4. The maximum absolute atomic E-state index is 5.09. The summed E-state index contributed by atoms with van der Waals surface area (Å²) in [5.41, 5.74) is 1.95. The Labute approximate surface area is 157 Å². The molecule has 1 aromatic carbocycles. The maximum atomic E-state index is 5.09. The van der Waals surface area contributed by atoms with E-state index in [-0.39, 0.29) is 26.9 Å². The zero-order chi connectivity index (χ0) is 16.4. The molecule has 1 rings (SSSR count). The van der Waals surface area contributed by atoms with Gasteiger partial charge in [-0.05, 0) is 19.0 Å². The predicted octanol–water partition coefficient (Wildman–Crippen LogP) is 1.83. The largest absolute Gasteiger partial charge is 2.00 e. The molecule has 0 saturated heterocycles. The Morgan fingerprint density at radius 1 is 1.09 bits per heavy atom. The van der Waals surface area contributed by atoms with Crippen LogP contribution in [0.25, 0.3) is 0 Å². The molecule has 0 bridgehead atoms. The van der Waals surface area contributed by atoms with Gasteiger partial charge in [0.15, 0.2) is 0 Å². The zero-order valence-corrected chi connectivity index (χ0v) is 15.5. The Bertz CT molecular complexity index is 602. The Hall–Kier alpha value is -1.57. The van der Waals surface area contributed by atoms with Crippen LogP contribution in [-0.2, 0) is 46.5 Å². The molecular formula is C14H17N5NiOS2. The third-order valence-corrected chi connectivity index (χ3v) is 2.88. The molecule has 0 amide bonds. The number of rotatable bonds is 5. The summed E-state index contributed by atoms with van der Waals surface area (Å²) >= 11 is 9.87. The van der Waals surface area contributed by atoms with Crippen LogP contribution in [0.5, 0.6) is 0 Å². The summed E-state index contributed by atoms with van der Waals surface area (Å²) in [6.45, 7) is 4.04. The van der Waals surface area contributed by atoms with Crippen molar-refractivity contribution in [1.82, 2.24) is 5.32 Å². The van der Waals surface area contributed by atoms with Crippen LogP contribution in [0, 0.1) is 0 Å². The van der Waals surface area contributed by atoms with E-state index in [2.05, 4.69) is 25.7 Å². The van der Waals surface area contributed by atoms with Crippen molar-refractivity contribution in [3.63, 3.8) is 0 Å². The van der Waals surface area contributed by atoms with Crippen LogP contribution < -0.4 is 5.32 Å². The van der Waals surface area contributed by atoms with Gasteiger partial charge in [0, 0.05) is 12.6 Å². The minimum absolute atomic E-state index is 0. The number of hydrogen-bond acceptors (Lipinski definition) is 7. The summed E-state index contributed by atoms with van der Waals surface area (Å²) in [5, 5.41) is 19.0. The van der Waals surface area contributed by atoms with Crippen molar-refractivity contribution in [2.45, 2.75) is 13.8 Å². The van der Waals surface area contributed by atoms with Gasteiger partial charge in [-0.3, -0.25) is 0 Å². The Morgan fingerprint density at radius 2 is 1.74 bits per heavy atom. The van der Waals surface area contributed by atoms with E-state index in [0.717, 1.165) is 5.56 Å². The summed E-state index contributed by atoms with van der Waals surface area (Å²) in [5.74, 6) is 0. The van der Waals surface area contributed by atoms with Gasteiger partial charge in [0.25, 0.3) is 0 Å². The molecule has 0 aliphatic heterocycles. The SMILES string of the molecule is CCO/C([S-])=N/N=C(/C(C)=N/N=C(\[S-])NC)c1ccccc1.[Ni+2]. The van der Waals surface area contributed by atoms with E-state index in [1.54, 1.807) is 14.0 Å². The fraction of sp³-hybridized carbons (Fsp3) is 0.286. The molecule has 0 aliphatic carbocycles. The van der Waals surface area contributed by atoms with Crippen molar-refractivity contribution in [1.29, 1.82) is 0 Å². The van der Waals surface area contributed by atoms with Crippen molar-refractivity contribution in [2.24, 2.45) is 20.4 Å². The van der Waals surface area contributed by atoms with Gasteiger partial charge in [-0.25, -0.2) is 0 Å². The van der Waals surface area contributed by atoms with E-state index in [9.17, 15) is 0 Å². The topological polar surface area (TPSA) is 70.7 Å². The number of nitrogens with one attached hydrogen (secondary N) is 1. The summed E-state index contributed by atoms with van der Waals surface area (Å²) in [4.78, 5) is 0. The van der Waals surface area contributed by atoms with Gasteiger partial charge in [-0.2, -0.15) is 10.2 Å². The summed E-state index contributed by atoms with van der Waals surface area (Å²) in [6.07, 6.45) is 0. The first-order valence-electron chi connectivity index (χ1n) is 6.56. The van der Waals surface area contributed by atoms with Crippen LogP contribution in [0.1, 0.15) is 19.4 Å². The third-order valence-electron chi connectivity index (χ3n) is 2.39. The van der Waals surface area contributed by atoms with Crippen LogP contribution in [0.3, 0.4) is 0 Å². The summed E-state index contributed by atoms with van der Waals surface area (Å²) < 4.78 is 5.09. The standard InChI is InChI=1S/C14H19N5OS2.Ni/c1-4-20-14(22)19-17-12(11-8-6-5-7-9-11)10(2)16-18-13(21)15-3;/h5-9H,4H2,1-3H3,(H,19,22)(H2,15,18,21);/q;+2/p-2/b16-10+,17-12-;. The van der Waals surface area contributed by atoms with Crippen molar-refractivity contribution < 1.29 is 21.2 Å².